The van der Waals surface area contributed by atoms with Gasteiger partial charge in [-0.2, -0.15) is 0 Å². The zero-order valence-corrected chi connectivity index (χ0v) is 12.1. The molecule has 1 aromatic carbocycles. The Hall–Kier alpha value is -1.35. The fourth-order valence-electron chi connectivity index (χ4n) is 2.54. The summed E-state index contributed by atoms with van der Waals surface area (Å²) in [5, 5.41) is 6.56. The monoisotopic (exact) mass is 260 g/mol. The summed E-state index contributed by atoms with van der Waals surface area (Å²) in [6, 6.07) is 8.22. The van der Waals surface area contributed by atoms with Crippen LogP contribution in [0.1, 0.15) is 50.7 Å². The van der Waals surface area contributed by atoms with Crippen LogP contribution in [0.25, 0.3) is 0 Å². The van der Waals surface area contributed by atoms with Gasteiger partial charge >= 0.3 is 0 Å². The van der Waals surface area contributed by atoms with Crippen molar-refractivity contribution in [1.82, 2.24) is 10.6 Å². The molecule has 1 atom stereocenters. The van der Waals surface area contributed by atoms with Crippen LogP contribution in [0.4, 0.5) is 0 Å². The molecule has 19 heavy (non-hydrogen) atoms. The Bertz CT molecular complexity index is 452. The summed E-state index contributed by atoms with van der Waals surface area (Å²) in [7, 11) is 0. The summed E-state index contributed by atoms with van der Waals surface area (Å²) in [6.07, 6.45) is 1.91. The average Bonchev–Trinajstić information content (AvgIpc) is 2.46. The van der Waals surface area contributed by atoms with E-state index in [4.69, 9.17) is 0 Å². The molecule has 2 rings (SSSR count). The van der Waals surface area contributed by atoms with Crippen molar-refractivity contribution in [1.29, 1.82) is 0 Å². The smallest absolute Gasteiger partial charge is 0.229 e. The van der Waals surface area contributed by atoms with Crippen molar-refractivity contribution in [3.63, 3.8) is 0 Å². The van der Waals surface area contributed by atoms with Crippen LogP contribution < -0.4 is 10.6 Å². The number of amides is 1. The molecule has 104 valence electrons. The minimum atomic E-state index is -0.0938. The van der Waals surface area contributed by atoms with E-state index < -0.39 is 0 Å². The number of benzene rings is 1. The third-order valence-electron chi connectivity index (χ3n) is 4.40. The Labute approximate surface area is 115 Å². The van der Waals surface area contributed by atoms with Crippen LogP contribution >= 0.6 is 0 Å². The van der Waals surface area contributed by atoms with E-state index in [1.807, 2.05) is 12.1 Å². The van der Waals surface area contributed by atoms with E-state index in [1.54, 1.807) is 0 Å². The molecule has 0 bridgehead atoms. The van der Waals surface area contributed by atoms with Crippen LogP contribution in [0, 0.1) is 0 Å². The number of hydrogen-bond acceptors (Lipinski definition) is 2. The second-order valence-electron chi connectivity index (χ2n) is 5.64. The standard InChI is InChI=1S/C16H24N2O/c1-4-16(3,5-2)18-15(19)14-11-17-10-12-8-6-7-9-13(12)14/h6-9,14,17H,4-5,10-11H2,1-3H3,(H,18,19). The van der Waals surface area contributed by atoms with Gasteiger partial charge in [0.25, 0.3) is 0 Å². The first kappa shape index (κ1) is 14.1. The Morgan fingerprint density at radius 2 is 2.05 bits per heavy atom. The topological polar surface area (TPSA) is 41.1 Å². The summed E-state index contributed by atoms with van der Waals surface area (Å²) in [5.74, 6) is 0.0771. The summed E-state index contributed by atoms with van der Waals surface area (Å²) < 4.78 is 0. The van der Waals surface area contributed by atoms with E-state index >= 15 is 0 Å². The quantitative estimate of drug-likeness (QED) is 0.873. The number of nitrogens with one attached hydrogen (secondary N) is 2. The zero-order chi connectivity index (χ0) is 13.9. The SMILES string of the molecule is CCC(C)(CC)NC(=O)C1CNCc2ccccc21. The molecule has 0 spiro atoms. The fourth-order valence-corrected chi connectivity index (χ4v) is 2.54. The Kier molecular flexibility index (Phi) is 4.25. The normalized spacial score (nSPS) is 18.8. The lowest BCUT2D eigenvalue weighted by molar-refractivity contribution is -0.124. The predicted octanol–water partition coefficient (Wildman–Crippen LogP) is 2.57. The van der Waals surface area contributed by atoms with E-state index in [0.717, 1.165) is 25.9 Å². The maximum atomic E-state index is 12.5. The van der Waals surface area contributed by atoms with Gasteiger partial charge < -0.3 is 10.6 Å². The third kappa shape index (κ3) is 2.98. The Balaban J connectivity index is 2.17. The molecule has 2 N–H and O–H groups in total. The van der Waals surface area contributed by atoms with Crippen molar-refractivity contribution in [2.24, 2.45) is 0 Å². The molecule has 0 saturated carbocycles. The summed E-state index contributed by atoms with van der Waals surface area (Å²) in [5.41, 5.74) is 2.32. The number of carbonyl (C=O) groups excluding carboxylic acids is 1. The molecule has 3 heteroatoms. The molecule has 0 aliphatic carbocycles. The molecule has 1 heterocycles. The van der Waals surface area contributed by atoms with Gasteiger partial charge in [0.15, 0.2) is 0 Å². The van der Waals surface area contributed by atoms with Crippen LogP contribution in [-0.2, 0) is 11.3 Å². The van der Waals surface area contributed by atoms with Crippen molar-refractivity contribution in [3.05, 3.63) is 35.4 Å². The van der Waals surface area contributed by atoms with Gasteiger partial charge in [-0.3, -0.25) is 4.79 Å². The zero-order valence-electron chi connectivity index (χ0n) is 12.1. The van der Waals surface area contributed by atoms with Crippen molar-refractivity contribution >= 4 is 5.91 Å². The maximum absolute atomic E-state index is 12.5. The fraction of sp³-hybridized carbons (Fsp3) is 0.562. The minimum absolute atomic E-state index is 0.0672. The Morgan fingerprint density at radius 1 is 1.37 bits per heavy atom. The van der Waals surface area contributed by atoms with Gasteiger partial charge in [0.05, 0.1) is 5.92 Å². The van der Waals surface area contributed by atoms with Crippen LogP contribution in [0.2, 0.25) is 0 Å². The van der Waals surface area contributed by atoms with E-state index in [0.29, 0.717) is 0 Å². The van der Waals surface area contributed by atoms with Crippen molar-refractivity contribution in [2.75, 3.05) is 6.54 Å². The number of fused-ring (bicyclic) bond motifs is 1. The number of hydrogen-bond donors (Lipinski definition) is 2. The second-order valence-corrected chi connectivity index (χ2v) is 5.64. The van der Waals surface area contributed by atoms with E-state index in [9.17, 15) is 4.79 Å². The molecule has 0 fully saturated rings. The lowest BCUT2D eigenvalue weighted by Gasteiger charge is -2.32. The molecular formula is C16H24N2O. The molecule has 3 nitrogen and oxygen atoms in total. The molecule has 1 aromatic rings. The highest BCUT2D eigenvalue weighted by Crippen LogP contribution is 2.25. The second kappa shape index (κ2) is 5.74. The maximum Gasteiger partial charge on any atom is 0.229 e. The highest BCUT2D eigenvalue weighted by atomic mass is 16.2. The molecule has 1 aliphatic heterocycles. The van der Waals surface area contributed by atoms with E-state index in [2.05, 4.69) is 43.5 Å². The van der Waals surface area contributed by atoms with Crippen LogP contribution in [0.15, 0.2) is 24.3 Å². The highest BCUT2D eigenvalue weighted by Gasteiger charge is 2.30. The van der Waals surface area contributed by atoms with Crippen LogP contribution in [-0.4, -0.2) is 18.0 Å². The first-order valence-corrected chi connectivity index (χ1v) is 7.20. The lowest BCUT2D eigenvalue weighted by atomic mass is 9.88. The molecule has 0 radical (unpaired) electrons. The molecule has 0 saturated heterocycles. The Morgan fingerprint density at radius 3 is 2.74 bits per heavy atom. The van der Waals surface area contributed by atoms with Crippen LogP contribution in [0.3, 0.4) is 0 Å². The van der Waals surface area contributed by atoms with Gasteiger partial charge in [-0.25, -0.2) is 0 Å². The molecule has 1 aliphatic rings. The first-order chi connectivity index (χ1) is 9.09. The van der Waals surface area contributed by atoms with Gasteiger partial charge in [-0.15, -0.1) is 0 Å². The summed E-state index contributed by atoms with van der Waals surface area (Å²) >= 11 is 0. The van der Waals surface area contributed by atoms with Gasteiger partial charge in [0.1, 0.15) is 0 Å². The van der Waals surface area contributed by atoms with Crippen molar-refractivity contribution in [3.8, 4) is 0 Å². The van der Waals surface area contributed by atoms with Crippen LogP contribution in [0.5, 0.6) is 0 Å². The van der Waals surface area contributed by atoms with Gasteiger partial charge in [-0.1, -0.05) is 38.1 Å². The minimum Gasteiger partial charge on any atom is -0.350 e. The molecular weight excluding hydrogens is 236 g/mol. The highest BCUT2D eigenvalue weighted by molar-refractivity contribution is 5.85. The van der Waals surface area contributed by atoms with E-state index in [-0.39, 0.29) is 17.4 Å². The predicted molar refractivity (Wildman–Crippen MR) is 78.0 cm³/mol. The summed E-state index contributed by atoms with van der Waals surface area (Å²) in [6.45, 7) is 7.95. The van der Waals surface area contributed by atoms with E-state index in [1.165, 1.54) is 11.1 Å². The summed E-state index contributed by atoms with van der Waals surface area (Å²) in [4.78, 5) is 12.5. The first-order valence-electron chi connectivity index (χ1n) is 7.20. The average molecular weight is 260 g/mol. The molecule has 0 aromatic heterocycles. The van der Waals surface area contributed by atoms with Gasteiger partial charge in [0, 0.05) is 18.6 Å². The lowest BCUT2D eigenvalue weighted by Crippen LogP contribution is -2.49. The van der Waals surface area contributed by atoms with Gasteiger partial charge in [-0.05, 0) is 30.9 Å². The van der Waals surface area contributed by atoms with Crippen molar-refractivity contribution < 1.29 is 4.79 Å². The molecule has 1 unspecified atom stereocenters. The van der Waals surface area contributed by atoms with Gasteiger partial charge in [0.2, 0.25) is 5.91 Å². The largest absolute Gasteiger partial charge is 0.350 e. The number of rotatable bonds is 4. The third-order valence-corrected chi connectivity index (χ3v) is 4.40. The van der Waals surface area contributed by atoms with Crippen molar-refractivity contribution in [2.45, 2.75) is 51.6 Å². The molecule has 1 amide bonds. The number of carbonyl (C=O) groups is 1.